The lowest BCUT2D eigenvalue weighted by Crippen LogP contribution is -1.96. The predicted molar refractivity (Wildman–Crippen MR) is 48.1 cm³/mol. The Hall–Kier alpha value is -1.58. The topological polar surface area (TPSA) is 53.7 Å². The molecule has 0 aliphatic carbocycles. The van der Waals surface area contributed by atoms with Gasteiger partial charge in [-0.3, -0.25) is 0 Å². The van der Waals surface area contributed by atoms with E-state index in [2.05, 4.69) is 0 Å². The standard InChI is InChI=1S/C9H11NO3/c1-2-11-7-3-6(10)4-8-9(7)13-5-12-8/h3-4H,2,5,10H2,1H3. The fraction of sp³-hybridized carbons (Fsp3) is 0.333. The highest BCUT2D eigenvalue weighted by atomic mass is 16.7. The molecule has 0 saturated carbocycles. The molecule has 0 unspecified atom stereocenters. The van der Waals surface area contributed by atoms with Crippen LogP contribution in [0.3, 0.4) is 0 Å². The number of hydrogen-bond donors (Lipinski definition) is 1. The largest absolute Gasteiger partial charge is 0.490 e. The van der Waals surface area contributed by atoms with E-state index in [1.54, 1.807) is 12.1 Å². The van der Waals surface area contributed by atoms with Crippen LogP contribution >= 0.6 is 0 Å². The molecule has 1 aliphatic heterocycles. The van der Waals surface area contributed by atoms with E-state index in [1.165, 1.54) is 0 Å². The van der Waals surface area contributed by atoms with E-state index in [0.717, 1.165) is 0 Å². The summed E-state index contributed by atoms with van der Waals surface area (Å²) >= 11 is 0. The molecule has 0 atom stereocenters. The lowest BCUT2D eigenvalue weighted by Gasteiger charge is -2.07. The second-order valence-corrected chi connectivity index (χ2v) is 2.69. The molecule has 70 valence electrons. The van der Waals surface area contributed by atoms with Crippen LogP contribution in [-0.2, 0) is 0 Å². The maximum absolute atomic E-state index is 5.65. The highest BCUT2D eigenvalue weighted by Crippen LogP contribution is 2.42. The molecule has 0 saturated heterocycles. The van der Waals surface area contributed by atoms with Gasteiger partial charge in [-0.1, -0.05) is 0 Å². The summed E-state index contributed by atoms with van der Waals surface area (Å²) < 4.78 is 15.8. The molecule has 4 nitrogen and oxygen atoms in total. The molecule has 1 aromatic rings. The SMILES string of the molecule is CCOc1cc(N)cc2c1OCO2. The van der Waals surface area contributed by atoms with E-state index in [9.17, 15) is 0 Å². The van der Waals surface area contributed by atoms with Crippen molar-refractivity contribution in [3.63, 3.8) is 0 Å². The average molecular weight is 181 g/mol. The number of anilines is 1. The highest BCUT2D eigenvalue weighted by Gasteiger charge is 2.19. The maximum atomic E-state index is 5.65. The van der Waals surface area contributed by atoms with Gasteiger partial charge in [-0.15, -0.1) is 0 Å². The normalized spacial score (nSPS) is 13.0. The van der Waals surface area contributed by atoms with Crippen molar-refractivity contribution < 1.29 is 14.2 Å². The number of nitrogen functional groups attached to an aromatic ring is 1. The zero-order valence-electron chi connectivity index (χ0n) is 7.37. The Kier molecular flexibility index (Phi) is 1.88. The monoisotopic (exact) mass is 181 g/mol. The first-order chi connectivity index (χ1) is 6.31. The molecule has 13 heavy (non-hydrogen) atoms. The van der Waals surface area contributed by atoms with Gasteiger partial charge in [-0.2, -0.15) is 0 Å². The van der Waals surface area contributed by atoms with Crippen LogP contribution in [0, 0.1) is 0 Å². The quantitative estimate of drug-likeness (QED) is 0.700. The molecule has 0 aromatic heterocycles. The number of fused-ring (bicyclic) bond motifs is 1. The number of nitrogens with two attached hydrogens (primary N) is 1. The number of benzene rings is 1. The van der Waals surface area contributed by atoms with E-state index in [0.29, 0.717) is 29.5 Å². The Morgan fingerprint density at radius 2 is 2.31 bits per heavy atom. The summed E-state index contributed by atoms with van der Waals surface area (Å²) in [5, 5.41) is 0. The number of ether oxygens (including phenoxy) is 3. The van der Waals surface area contributed by atoms with Crippen molar-refractivity contribution in [2.45, 2.75) is 6.92 Å². The minimum Gasteiger partial charge on any atom is -0.490 e. The fourth-order valence-corrected chi connectivity index (χ4v) is 1.26. The van der Waals surface area contributed by atoms with Crippen molar-refractivity contribution in [1.29, 1.82) is 0 Å². The second kappa shape index (κ2) is 3.05. The Balaban J connectivity index is 2.43. The van der Waals surface area contributed by atoms with Gasteiger partial charge in [-0.25, -0.2) is 0 Å². The molecule has 1 aromatic carbocycles. The summed E-state index contributed by atoms with van der Waals surface area (Å²) in [5.74, 6) is 1.95. The van der Waals surface area contributed by atoms with Crippen LogP contribution in [-0.4, -0.2) is 13.4 Å². The van der Waals surface area contributed by atoms with Crippen LogP contribution in [0.2, 0.25) is 0 Å². The summed E-state index contributed by atoms with van der Waals surface area (Å²) in [7, 11) is 0. The van der Waals surface area contributed by atoms with Crippen molar-refractivity contribution in [3.8, 4) is 17.2 Å². The molecule has 1 heterocycles. The maximum Gasteiger partial charge on any atom is 0.231 e. The molecule has 2 N–H and O–H groups in total. The van der Waals surface area contributed by atoms with Gasteiger partial charge in [-0.05, 0) is 6.92 Å². The fourth-order valence-electron chi connectivity index (χ4n) is 1.26. The zero-order chi connectivity index (χ0) is 9.26. The van der Waals surface area contributed by atoms with Gasteiger partial charge in [0.2, 0.25) is 12.5 Å². The van der Waals surface area contributed by atoms with E-state index >= 15 is 0 Å². The second-order valence-electron chi connectivity index (χ2n) is 2.69. The Morgan fingerprint density at radius 3 is 3.08 bits per heavy atom. The third kappa shape index (κ3) is 1.35. The van der Waals surface area contributed by atoms with Gasteiger partial charge in [0, 0.05) is 17.8 Å². The third-order valence-electron chi connectivity index (χ3n) is 1.76. The Labute approximate surface area is 76.2 Å². The van der Waals surface area contributed by atoms with Crippen LogP contribution in [0.4, 0.5) is 5.69 Å². The molecular weight excluding hydrogens is 170 g/mol. The van der Waals surface area contributed by atoms with Crippen molar-refractivity contribution in [3.05, 3.63) is 12.1 Å². The van der Waals surface area contributed by atoms with Crippen LogP contribution < -0.4 is 19.9 Å². The van der Waals surface area contributed by atoms with Crippen molar-refractivity contribution >= 4 is 5.69 Å². The van der Waals surface area contributed by atoms with Crippen LogP contribution in [0.15, 0.2) is 12.1 Å². The van der Waals surface area contributed by atoms with Gasteiger partial charge in [0.05, 0.1) is 6.61 Å². The lowest BCUT2D eigenvalue weighted by molar-refractivity contribution is 0.170. The predicted octanol–water partition coefficient (Wildman–Crippen LogP) is 1.40. The molecule has 4 heteroatoms. The molecule has 2 rings (SSSR count). The molecular formula is C9H11NO3. The van der Waals surface area contributed by atoms with E-state index in [4.69, 9.17) is 19.9 Å². The Morgan fingerprint density at radius 1 is 1.46 bits per heavy atom. The molecule has 0 fully saturated rings. The van der Waals surface area contributed by atoms with Gasteiger partial charge >= 0.3 is 0 Å². The lowest BCUT2D eigenvalue weighted by atomic mass is 10.2. The van der Waals surface area contributed by atoms with E-state index < -0.39 is 0 Å². The van der Waals surface area contributed by atoms with Crippen LogP contribution in [0.25, 0.3) is 0 Å². The van der Waals surface area contributed by atoms with Crippen molar-refractivity contribution in [1.82, 2.24) is 0 Å². The zero-order valence-corrected chi connectivity index (χ0v) is 7.37. The first-order valence-corrected chi connectivity index (χ1v) is 4.13. The van der Waals surface area contributed by atoms with Crippen LogP contribution in [0.5, 0.6) is 17.2 Å². The third-order valence-corrected chi connectivity index (χ3v) is 1.76. The van der Waals surface area contributed by atoms with Gasteiger partial charge < -0.3 is 19.9 Å². The molecule has 0 spiro atoms. The summed E-state index contributed by atoms with van der Waals surface area (Å²) in [6, 6.07) is 3.46. The van der Waals surface area contributed by atoms with Crippen molar-refractivity contribution in [2.24, 2.45) is 0 Å². The van der Waals surface area contributed by atoms with Gasteiger partial charge in [0.15, 0.2) is 11.5 Å². The minimum atomic E-state index is 0.235. The van der Waals surface area contributed by atoms with Crippen molar-refractivity contribution in [2.75, 3.05) is 19.1 Å². The van der Waals surface area contributed by atoms with Crippen LogP contribution in [0.1, 0.15) is 6.92 Å². The summed E-state index contributed by atoms with van der Waals surface area (Å²) in [6.07, 6.45) is 0. The molecule has 0 radical (unpaired) electrons. The van der Waals surface area contributed by atoms with E-state index in [-0.39, 0.29) is 6.79 Å². The molecule has 0 amide bonds. The van der Waals surface area contributed by atoms with Gasteiger partial charge in [0.1, 0.15) is 0 Å². The summed E-state index contributed by atoms with van der Waals surface area (Å²) in [5.41, 5.74) is 6.26. The summed E-state index contributed by atoms with van der Waals surface area (Å²) in [4.78, 5) is 0. The highest BCUT2D eigenvalue weighted by molar-refractivity contribution is 5.61. The minimum absolute atomic E-state index is 0.235. The molecule has 1 aliphatic rings. The molecule has 0 bridgehead atoms. The smallest absolute Gasteiger partial charge is 0.231 e. The number of rotatable bonds is 2. The first kappa shape index (κ1) is 8.04. The average Bonchev–Trinajstić information content (AvgIpc) is 2.52. The van der Waals surface area contributed by atoms with Gasteiger partial charge in [0.25, 0.3) is 0 Å². The Bertz CT molecular complexity index is 325. The number of hydrogen-bond acceptors (Lipinski definition) is 4. The van der Waals surface area contributed by atoms with E-state index in [1.807, 2.05) is 6.92 Å². The summed E-state index contributed by atoms with van der Waals surface area (Å²) in [6.45, 7) is 2.73. The first-order valence-electron chi connectivity index (χ1n) is 4.13.